The number of hydrogen-bond donors (Lipinski definition) is 4. The average Bonchev–Trinajstić information content (AvgIpc) is 2.79. The van der Waals surface area contributed by atoms with E-state index in [-0.39, 0.29) is 36.4 Å². The minimum Gasteiger partial charge on any atom is -0.326 e. The van der Waals surface area contributed by atoms with Crippen LogP contribution in [0, 0.1) is 0 Å². The Labute approximate surface area is 171 Å². The number of rotatable bonds is 10. The molecule has 28 heavy (non-hydrogen) atoms. The lowest BCUT2D eigenvalue weighted by molar-refractivity contribution is -0.117. The summed E-state index contributed by atoms with van der Waals surface area (Å²) in [7, 11) is 0. The second kappa shape index (κ2) is 11.5. The summed E-state index contributed by atoms with van der Waals surface area (Å²) in [5.41, 5.74) is 1.72. The predicted octanol–water partition coefficient (Wildman–Crippen LogP) is 3.72. The summed E-state index contributed by atoms with van der Waals surface area (Å²) in [6.07, 6.45) is -7.72. The van der Waals surface area contributed by atoms with E-state index in [2.05, 4.69) is 10.6 Å². The van der Waals surface area contributed by atoms with Gasteiger partial charge in [0, 0.05) is 25.3 Å². The molecule has 0 saturated carbocycles. The molecule has 0 aliphatic carbocycles. The highest BCUT2D eigenvalue weighted by Gasteiger charge is 2.12. The van der Waals surface area contributed by atoms with Crippen molar-refractivity contribution in [3.05, 3.63) is 60.2 Å². The van der Waals surface area contributed by atoms with Gasteiger partial charge in [0.1, 0.15) is 0 Å². The van der Waals surface area contributed by atoms with Crippen LogP contribution in [0.4, 0.5) is 11.4 Å². The second-order valence-electron chi connectivity index (χ2n) is 5.72. The van der Waals surface area contributed by atoms with Gasteiger partial charge in [0.05, 0.1) is 11.3 Å². The van der Waals surface area contributed by atoms with Crippen molar-refractivity contribution in [2.24, 2.45) is 0 Å². The smallest absolute Gasteiger partial charge is 0.276 e. The Morgan fingerprint density at radius 1 is 0.893 bits per heavy atom. The van der Waals surface area contributed by atoms with Gasteiger partial charge in [0.2, 0.25) is 11.8 Å². The van der Waals surface area contributed by atoms with E-state index in [1.807, 2.05) is 0 Å². The van der Waals surface area contributed by atoms with Gasteiger partial charge in [-0.1, -0.05) is 43.1 Å². The van der Waals surface area contributed by atoms with Crippen LogP contribution >= 0.6 is 0 Å². The predicted molar refractivity (Wildman–Crippen MR) is 107 cm³/mol. The number of anilines is 2. The van der Waals surface area contributed by atoms with E-state index in [4.69, 9.17) is 12.1 Å². The average molecular weight is 388 g/mol. The van der Waals surface area contributed by atoms with Crippen molar-refractivity contribution in [2.75, 3.05) is 10.6 Å². The fourth-order valence-electron chi connectivity index (χ4n) is 2.30. The third kappa shape index (κ3) is 7.20. The first-order valence-electron chi connectivity index (χ1n) is 11.2. The highest BCUT2D eigenvalue weighted by molar-refractivity contribution is 6.03. The molecule has 0 saturated heterocycles. The molecule has 0 aromatic heterocycles. The fraction of sp³-hybridized carbons (Fsp3) is 0.286. The molecule has 0 bridgehead atoms. The molecule has 0 heterocycles. The number of amides is 3. The topological polar surface area (TPSA) is 108 Å². The summed E-state index contributed by atoms with van der Waals surface area (Å²) in [6.45, 7) is 0. The number of carbonyl (C=O) groups is 3. The van der Waals surface area contributed by atoms with Crippen LogP contribution in [0.25, 0.3) is 0 Å². The number of para-hydroxylation sites is 2. The molecular weight excluding hydrogens is 358 g/mol. The van der Waals surface area contributed by atoms with E-state index in [0.29, 0.717) is 5.69 Å². The van der Waals surface area contributed by atoms with Crippen LogP contribution in [-0.2, 0) is 9.59 Å². The van der Waals surface area contributed by atoms with Crippen LogP contribution in [0.15, 0.2) is 54.6 Å². The molecule has 2 aromatic rings. The Kier molecular flexibility index (Phi) is 6.09. The van der Waals surface area contributed by atoms with Crippen molar-refractivity contribution in [1.29, 1.82) is 0 Å². The quantitative estimate of drug-likeness (QED) is 0.367. The Bertz CT molecular complexity index is 989. The zero-order valence-electron chi connectivity index (χ0n) is 20.1. The monoisotopic (exact) mass is 388 g/mol. The van der Waals surface area contributed by atoms with Crippen LogP contribution in [0.2, 0.25) is 0 Å². The van der Waals surface area contributed by atoms with Gasteiger partial charge in [0.25, 0.3) is 5.91 Å². The van der Waals surface area contributed by atoms with Crippen LogP contribution in [0.5, 0.6) is 0 Å². The standard InChI is InChI=1S/C21H25N3O4/c25-19(22-16-10-4-3-5-11-16)14-6-1-2-7-15-20(26)23-18-13-9-8-12-17(18)21(27)24-28/h3-5,8-13,28H,1-2,6-7,14-15H2,(H,22,25)(H,23,26)(H,24,27)/i2D,7D2,15D2. The van der Waals surface area contributed by atoms with E-state index >= 15 is 0 Å². The molecule has 7 nitrogen and oxygen atoms in total. The first kappa shape index (κ1) is 14.8. The van der Waals surface area contributed by atoms with Gasteiger partial charge in [-0.2, -0.15) is 0 Å². The number of benzene rings is 2. The third-order valence-corrected chi connectivity index (χ3v) is 3.62. The van der Waals surface area contributed by atoms with Crippen LogP contribution < -0.4 is 16.1 Å². The molecule has 1 unspecified atom stereocenters. The summed E-state index contributed by atoms with van der Waals surface area (Å²) in [6, 6.07) is 14.2. The van der Waals surface area contributed by atoms with Gasteiger partial charge >= 0.3 is 0 Å². The lowest BCUT2D eigenvalue weighted by Crippen LogP contribution is -2.21. The van der Waals surface area contributed by atoms with E-state index in [1.165, 1.54) is 29.7 Å². The maximum atomic E-state index is 12.6. The van der Waals surface area contributed by atoms with Gasteiger partial charge < -0.3 is 10.6 Å². The third-order valence-electron chi connectivity index (χ3n) is 3.62. The molecule has 148 valence electrons. The van der Waals surface area contributed by atoms with Gasteiger partial charge in [0.15, 0.2) is 0 Å². The zero-order valence-corrected chi connectivity index (χ0v) is 15.1. The summed E-state index contributed by atoms with van der Waals surface area (Å²) in [5, 5.41) is 13.6. The van der Waals surface area contributed by atoms with Crippen LogP contribution in [0.1, 0.15) is 55.6 Å². The molecular formula is C21H25N3O4. The molecule has 7 heteroatoms. The fourth-order valence-corrected chi connectivity index (χ4v) is 2.30. The molecule has 4 N–H and O–H groups in total. The van der Waals surface area contributed by atoms with Gasteiger partial charge in [-0.25, -0.2) is 5.48 Å². The summed E-state index contributed by atoms with van der Waals surface area (Å²) in [4.78, 5) is 36.3. The number of carbonyl (C=O) groups excluding carboxylic acids is 3. The maximum Gasteiger partial charge on any atom is 0.276 e. The molecule has 0 spiro atoms. The second-order valence-corrected chi connectivity index (χ2v) is 5.72. The molecule has 0 fully saturated rings. The Balaban J connectivity index is 1.99. The van der Waals surface area contributed by atoms with Gasteiger partial charge in [-0.3, -0.25) is 19.6 Å². The van der Waals surface area contributed by atoms with Crippen molar-refractivity contribution in [2.45, 2.75) is 38.4 Å². The zero-order chi connectivity index (χ0) is 24.6. The van der Waals surface area contributed by atoms with E-state index < -0.39 is 31.0 Å². The minimum absolute atomic E-state index is 0.000796. The molecule has 0 aliphatic rings. The normalized spacial score (nSPS) is 15.0. The first-order valence-corrected chi connectivity index (χ1v) is 8.62. The number of hydrogen-bond acceptors (Lipinski definition) is 4. The molecule has 2 rings (SSSR count). The van der Waals surface area contributed by atoms with Crippen molar-refractivity contribution < 1.29 is 26.4 Å². The van der Waals surface area contributed by atoms with Crippen molar-refractivity contribution in [3.63, 3.8) is 0 Å². The van der Waals surface area contributed by atoms with E-state index in [1.54, 1.807) is 30.3 Å². The highest BCUT2D eigenvalue weighted by atomic mass is 16.5. The minimum atomic E-state index is -3.13. The largest absolute Gasteiger partial charge is 0.326 e. The molecule has 0 aliphatic heterocycles. The lowest BCUT2D eigenvalue weighted by atomic mass is 10.1. The molecule has 1 atom stereocenters. The van der Waals surface area contributed by atoms with E-state index in [9.17, 15) is 14.4 Å². The Morgan fingerprint density at radius 3 is 2.36 bits per heavy atom. The Hall–Kier alpha value is -3.19. The first-order chi connectivity index (χ1) is 15.5. The van der Waals surface area contributed by atoms with E-state index in [0.717, 1.165) is 0 Å². The SMILES string of the molecule is [2H]C(CCCC(=O)Nc1ccccc1)C([2H])([2H])C([2H])([2H])C(=O)Nc1ccccc1C(=O)NO. The van der Waals surface area contributed by atoms with Crippen molar-refractivity contribution in [1.82, 2.24) is 5.48 Å². The highest BCUT2D eigenvalue weighted by Crippen LogP contribution is 2.16. The summed E-state index contributed by atoms with van der Waals surface area (Å²) in [5.74, 6) is -2.65. The van der Waals surface area contributed by atoms with Crippen molar-refractivity contribution in [3.8, 4) is 0 Å². The maximum absolute atomic E-state index is 12.6. The summed E-state index contributed by atoms with van der Waals surface area (Å²) < 4.78 is 40.3. The number of nitrogens with one attached hydrogen (secondary N) is 3. The summed E-state index contributed by atoms with van der Waals surface area (Å²) >= 11 is 0. The molecule has 0 radical (unpaired) electrons. The number of hydroxylamine groups is 1. The van der Waals surface area contributed by atoms with Gasteiger partial charge in [-0.05, 0) is 37.1 Å². The van der Waals surface area contributed by atoms with Crippen LogP contribution in [0.3, 0.4) is 0 Å². The molecule has 2 aromatic carbocycles. The molecule has 3 amide bonds. The van der Waals surface area contributed by atoms with Crippen LogP contribution in [-0.4, -0.2) is 22.9 Å². The Morgan fingerprint density at radius 2 is 1.61 bits per heavy atom. The lowest BCUT2D eigenvalue weighted by Gasteiger charge is -2.09. The van der Waals surface area contributed by atoms with Gasteiger partial charge in [-0.15, -0.1) is 0 Å². The van der Waals surface area contributed by atoms with Crippen molar-refractivity contribution >= 4 is 29.1 Å².